The van der Waals surface area contributed by atoms with Crippen LogP contribution in [0.4, 0.5) is 13.2 Å². The number of benzene rings is 2. The van der Waals surface area contributed by atoms with Gasteiger partial charge in [0.1, 0.15) is 12.6 Å². The van der Waals surface area contributed by atoms with E-state index >= 15 is 0 Å². The normalized spacial score (nSPS) is 12.6. The van der Waals surface area contributed by atoms with Crippen molar-refractivity contribution < 1.29 is 22.8 Å². The smallest absolute Gasteiger partial charge is 0.302 e. The Balaban J connectivity index is 1.85. The second kappa shape index (κ2) is 8.85. The van der Waals surface area contributed by atoms with E-state index in [0.29, 0.717) is 24.2 Å². The summed E-state index contributed by atoms with van der Waals surface area (Å²) in [5, 5.41) is -0.229. The molecule has 2 aromatic carbocycles. The van der Waals surface area contributed by atoms with Crippen LogP contribution in [-0.2, 0) is 23.1 Å². The van der Waals surface area contributed by atoms with Gasteiger partial charge in [-0.1, -0.05) is 36.4 Å². The summed E-state index contributed by atoms with van der Waals surface area (Å²) >= 11 is 1.48. The molecule has 1 unspecified atom stereocenters. The molecule has 0 radical (unpaired) electrons. The van der Waals surface area contributed by atoms with E-state index in [1.54, 1.807) is 12.1 Å². The highest BCUT2D eigenvalue weighted by molar-refractivity contribution is 7.99. The van der Waals surface area contributed by atoms with Crippen LogP contribution in [0.15, 0.2) is 48.5 Å². The van der Waals surface area contributed by atoms with Crippen LogP contribution in [0.3, 0.4) is 0 Å². The molecule has 25 heavy (non-hydrogen) atoms. The highest BCUT2D eigenvalue weighted by Crippen LogP contribution is 2.29. The molecule has 0 amide bonds. The van der Waals surface area contributed by atoms with Gasteiger partial charge in [0.25, 0.3) is 0 Å². The van der Waals surface area contributed by atoms with Crippen molar-refractivity contribution in [3.05, 3.63) is 70.8 Å². The lowest BCUT2D eigenvalue weighted by Gasteiger charge is -2.11. The van der Waals surface area contributed by atoms with Crippen LogP contribution < -0.4 is 0 Å². The van der Waals surface area contributed by atoms with Crippen molar-refractivity contribution in [1.82, 2.24) is 0 Å². The van der Waals surface area contributed by atoms with Crippen molar-refractivity contribution in [1.29, 1.82) is 0 Å². The first kappa shape index (κ1) is 19.2. The number of rotatable bonds is 8. The fourth-order valence-electron chi connectivity index (χ4n) is 2.26. The summed E-state index contributed by atoms with van der Waals surface area (Å²) in [6.07, 6.45) is -1.59. The Labute approximate surface area is 148 Å². The van der Waals surface area contributed by atoms with Crippen LogP contribution in [-0.4, -0.2) is 17.8 Å². The Morgan fingerprint density at radius 1 is 0.920 bits per heavy atom. The van der Waals surface area contributed by atoms with E-state index in [0.717, 1.165) is 35.8 Å². The van der Waals surface area contributed by atoms with Crippen molar-refractivity contribution in [3.8, 4) is 0 Å². The zero-order valence-electron chi connectivity index (χ0n) is 13.3. The number of thioether (sulfide) groups is 1. The minimum atomic E-state index is -4.33. The maximum atomic E-state index is 12.5. The minimum absolute atomic E-state index is 0.229. The Morgan fingerprint density at radius 3 is 2.04 bits per heavy atom. The van der Waals surface area contributed by atoms with E-state index in [4.69, 9.17) is 0 Å². The summed E-state index contributed by atoms with van der Waals surface area (Å²) in [4.78, 5) is 21.8. The Hall–Kier alpha value is -2.08. The number of alkyl halides is 3. The lowest BCUT2D eigenvalue weighted by molar-refractivity contribution is -0.137. The third kappa shape index (κ3) is 6.05. The van der Waals surface area contributed by atoms with E-state index in [1.807, 2.05) is 12.1 Å². The minimum Gasteiger partial charge on any atom is -0.302 e. The molecule has 0 aliphatic carbocycles. The summed E-state index contributed by atoms with van der Waals surface area (Å²) in [5.74, 6) is 0.634. The molecule has 2 aromatic rings. The Morgan fingerprint density at radius 2 is 1.52 bits per heavy atom. The third-order valence-corrected chi connectivity index (χ3v) is 5.01. The van der Waals surface area contributed by atoms with Gasteiger partial charge in [0.2, 0.25) is 0 Å². The summed E-state index contributed by atoms with van der Waals surface area (Å²) in [5.41, 5.74) is 1.71. The van der Waals surface area contributed by atoms with Gasteiger partial charge in [-0.3, -0.25) is 4.79 Å². The Kier molecular flexibility index (Phi) is 6.82. The number of carbonyl (C=O) groups excluding carboxylic acids is 2. The van der Waals surface area contributed by atoms with Gasteiger partial charge in [0.15, 0.2) is 0 Å². The topological polar surface area (TPSA) is 34.1 Å². The number of hydrogen-bond acceptors (Lipinski definition) is 3. The van der Waals surface area contributed by atoms with Gasteiger partial charge in [-0.15, -0.1) is 11.8 Å². The fourth-order valence-corrected chi connectivity index (χ4v) is 3.22. The Bertz CT molecular complexity index is 694. The summed E-state index contributed by atoms with van der Waals surface area (Å²) < 4.78 is 37.6. The van der Waals surface area contributed by atoms with E-state index in [2.05, 4.69) is 0 Å². The first-order valence-corrected chi connectivity index (χ1v) is 8.74. The molecule has 2 rings (SSSR count). The second-order valence-corrected chi connectivity index (χ2v) is 6.81. The predicted octanol–water partition coefficient (Wildman–Crippen LogP) is 4.95. The molecule has 0 aromatic heterocycles. The molecule has 0 saturated carbocycles. The molecule has 0 N–H and O–H groups in total. The van der Waals surface area contributed by atoms with Crippen LogP contribution in [0, 0.1) is 0 Å². The number of halogens is 3. The molecule has 0 aliphatic rings. The van der Waals surface area contributed by atoms with Crippen LogP contribution in [0.2, 0.25) is 0 Å². The lowest BCUT2D eigenvalue weighted by atomic mass is 10.1. The maximum Gasteiger partial charge on any atom is 0.416 e. The van der Waals surface area contributed by atoms with Gasteiger partial charge in [-0.05, 0) is 36.1 Å². The monoisotopic (exact) mass is 366 g/mol. The molecular formula is C19H17F3O2S. The number of carbonyl (C=O) groups is 2. The lowest BCUT2D eigenvalue weighted by Crippen LogP contribution is -2.07. The van der Waals surface area contributed by atoms with Crippen molar-refractivity contribution in [2.24, 2.45) is 0 Å². The van der Waals surface area contributed by atoms with Gasteiger partial charge in [-0.25, -0.2) is 0 Å². The highest BCUT2D eigenvalue weighted by atomic mass is 32.2. The summed E-state index contributed by atoms with van der Waals surface area (Å²) in [6.45, 7) is 0. The van der Waals surface area contributed by atoms with Gasteiger partial charge in [-0.2, -0.15) is 13.2 Å². The average Bonchev–Trinajstić information content (AvgIpc) is 2.62. The van der Waals surface area contributed by atoms with E-state index in [9.17, 15) is 22.8 Å². The molecule has 2 nitrogen and oxygen atoms in total. The molecule has 0 spiro atoms. The predicted molar refractivity (Wildman–Crippen MR) is 92.7 cm³/mol. The fraction of sp³-hybridized carbons (Fsp3) is 0.263. The molecule has 0 aliphatic heterocycles. The SMILES string of the molecule is O=Cc1ccc(CSC(C=O)CCc2ccc(C(F)(F)F)cc2)cc1. The number of aldehydes is 2. The van der Waals surface area contributed by atoms with Crippen LogP contribution >= 0.6 is 11.8 Å². The first-order valence-electron chi connectivity index (χ1n) is 7.69. The third-order valence-electron chi connectivity index (χ3n) is 3.73. The van der Waals surface area contributed by atoms with Gasteiger partial charge >= 0.3 is 6.18 Å². The van der Waals surface area contributed by atoms with E-state index in [1.165, 1.54) is 23.9 Å². The molecule has 6 heteroatoms. The molecule has 0 fully saturated rings. The second-order valence-electron chi connectivity index (χ2n) is 5.58. The molecule has 0 heterocycles. The first-order chi connectivity index (χ1) is 11.9. The summed E-state index contributed by atoms with van der Waals surface area (Å²) in [7, 11) is 0. The van der Waals surface area contributed by atoms with E-state index in [-0.39, 0.29) is 5.25 Å². The van der Waals surface area contributed by atoms with Crippen LogP contribution in [0.1, 0.15) is 33.5 Å². The average molecular weight is 366 g/mol. The molecular weight excluding hydrogens is 349 g/mol. The summed E-state index contributed by atoms with van der Waals surface area (Å²) in [6, 6.07) is 12.2. The molecule has 0 saturated heterocycles. The number of aryl methyl sites for hydroxylation is 1. The van der Waals surface area contributed by atoms with Crippen LogP contribution in [0.25, 0.3) is 0 Å². The van der Waals surface area contributed by atoms with E-state index < -0.39 is 11.7 Å². The van der Waals surface area contributed by atoms with Crippen molar-refractivity contribution in [2.45, 2.75) is 30.0 Å². The molecule has 132 valence electrons. The van der Waals surface area contributed by atoms with Gasteiger partial charge < -0.3 is 4.79 Å². The zero-order chi connectivity index (χ0) is 18.3. The van der Waals surface area contributed by atoms with Crippen LogP contribution in [0.5, 0.6) is 0 Å². The highest BCUT2D eigenvalue weighted by Gasteiger charge is 2.29. The van der Waals surface area contributed by atoms with Crippen molar-refractivity contribution in [2.75, 3.05) is 0 Å². The van der Waals surface area contributed by atoms with Crippen molar-refractivity contribution in [3.63, 3.8) is 0 Å². The number of hydrogen-bond donors (Lipinski definition) is 0. The van der Waals surface area contributed by atoms with Gasteiger partial charge in [0.05, 0.1) is 10.8 Å². The maximum absolute atomic E-state index is 12.5. The largest absolute Gasteiger partial charge is 0.416 e. The van der Waals surface area contributed by atoms with Crippen molar-refractivity contribution >= 4 is 24.3 Å². The van der Waals surface area contributed by atoms with Gasteiger partial charge in [0, 0.05) is 11.3 Å². The standard InChI is InChI=1S/C19H17F3O2S/c20-19(21,22)17-8-5-14(6-9-17)7-10-18(12-24)25-13-16-3-1-15(11-23)2-4-16/h1-6,8-9,11-12,18H,7,10,13H2. The zero-order valence-corrected chi connectivity index (χ0v) is 14.1. The quantitative estimate of drug-likeness (QED) is 0.620. The molecule has 0 bridgehead atoms. The molecule has 1 atom stereocenters.